The molecule has 0 amide bonds. The van der Waals surface area contributed by atoms with E-state index in [1.807, 2.05) is 12.1 Å². The summed E-state index contributed by atoms with van der Waals surface area (Å²) < 4.78 is 32.5. The lowest BCUT2D eigenvalue weighted by Gasteiger charge is -2.23. The minimum Gasteiger partial charge on any atom is -0.466 e. The van der Waals surface area contributed by atoms with E-state index in [1.54, 1.807) is 13.0 Å². The molecule has 1 atom stereocenters. The molecular formula is C21H21F2NO3. The second kappa shape index (κ2) is 7.88. The van der Waals surface area contributed by atoms with Crippen molar-refractivity contribution >= 4 is 17.2 Å². The monoisotopic (exact) mass is 373 g/mol. The zero-order chi connectivity index (χ0) is 19.6. The van der Waals surface area contributed by atoms with Crippen LogP contribution in [0, 0.1) is 11.6 Å². The first-order valence-corrected chi connectivity index (χ1v) is 8.72. The van der Waals surface area contributed by atoms with Gasteiger partial charge in [-0.3, -0.25) is 0 Å². The van der Waals surface area contributed by atoms with Gasteiger partial charge in [-0.15, -0.1) is 0 Å². The zero-order valence-corrected chi connectivity index (χ0v) is 15.2. The maximum absolute atomic E-state index is 13.8. The number of ether oxygens (including phenoxy) is 1. The topological polar surface area (TPSA) is 58.6 Å². The van der Waals surface area contributed by atoms with Gasteiger partial charge in [-0.25, -0.2) is 13.6 Å². The van der Waals surface area contributed by atoms with Crippen molar-refractivity contribution in [1.29, 1.82) is 0 Å². The van der Waals surface area contributed by atoms with Crippen molar-refractivity contribution in [3.8, 4) is 0 Å². The highest BCUT2D eigenvalue weighted by Gasteiger charge is 2.21. The molecule has 2 aromatic rings. The highest BCUT2D eigenvalue weighted by Crippen LogP contribution is 2.35. The van der Waals surface area contributed by atoms with E-state index in [-0.39, 0.29) is 5.97 Å². The number of fused-ring (bicyclic) bond motifs is 1. The Kier molecular flexibility index (Phi) is 5.56. The Morgan fingerprint density at radius 2 is 1.89 bits per heavy atom. The lowest BCUT2D eigenvalue weighted by atomic mass is 9.84. The summed E-state index contributed by atoms with van der Waals surface area (Å²) in [6.07, 6.45) is 0.959. The van der Waals surface area contributed by atoms with E-state index in [1.165, 1.54) is 13.2 Å². The number of aryl methyl sites for hydroxylation is 1. The number of hydrogen-bond donors (Lipinski definition) is 2. The number of aliphatic hydroxyl groups excluding tert-OH is 1. The van der Waals surface area contributed by atoms with Gasteiger partial charge in [-0.2, -0.15) is 0 Å². The smallest absolute Gasteiger partial charge is 0.333 e. The van der Waals surface area contributed by atoms with Crippen molar-refractivity contribution in [2.75, 3.05) is 12.4 Å². The second-order valence-corrected chi connectivity index (χ2v) is 6.50. The van der Waals surface area contributed by atoms with Crippen LogP contribution in [0.4, 0.5) is 14.5 Å². The third-order valence-electron chi connectivity index (χ3n) is 4.82. The van der Waals surface area contributed by atoms with Crippen LogP contribution >= 0.6 is 0 Å². The highest BCUT2D eigenvalue weighted by atomic mass is 19.1. The standard InChI is InChI=1S/C21H21F2NO3/c1-12(21(26)27-2)15-6-3-5-13-11-14(9-10-16(13)15)24-20(25)19-17(22)7-4-8-18(19)23/h4,7-11,20,24-25H,3,5-6H2,1-2H3/b15-12+. The fraction of sp³-hybridized carbons (Fsp3) is 0.286. The molecule has 0 aliphatic heterocycles. The summed E-state index contributed by atoms with van der Waals surface area (Å²) in [4.78, 5) is 11.9. The van der Waals surface area contributed by atoms with E-state index < -0.39 is 23.4 Å². The van der Waals surface area contributed by atoms with Gasteiger partial charge in [-0.05, 0) is 67.2 Å². The predicted octanol–water partition coefficient (Wildman–Crippen LogP) is 4.35. The van der Waals surface area contributed by atoms with Gasteiger partial charge in [0.15, 0.2) is 6.23 Å². The second-order valence-electron chi connectivity index (χ2n) is 6.50. The van der Waals surface area contributed by atoms with Gasteiger partial charge >= 0.3 is 5.97 Å². The number of anilines is 1. The molecular weight excluding hydrogens is 352 g/mol. The predicted molar refractivity (Wildman–Crippen MR) is 98.9 cm³/mol. The first-order valence-electron chi connectivity index (χ1n) is 8.72. The van der Waals surface area contributed by atoms with Crippen molar-refractivity contribution in [1.82, 2.24) is 0 Å². The zero-order valence-electron chi connectivity index (χ0n) is 15.2. The molecule has 6 heteroatoms. The van der Waals surface area contributed by atoms with Crippen molar-refractivity contribution < 1.29 is 23.4 Å². The van der Waals surface area contributed by atoms with Gasteiger partial charge in [0.2, 0.25) is 0 Å². The molecule has 0 saturated carbocycles. The number of carbonyl (C=O) groups is 1. The fourth-order valence-corrected chi connectivity index (χ4v) is 3.44. The van der Waals surface area contributed by atoms with Gasteiger partial charge < -0.3 is 15.2 Å². The molecule has 0 radical (unpaired) electrons. The molecule has 4 nitrogen and oxygen atoms in total. The van der Waals surface area contributed by atoms with E-state index in [4.69, 9.17) is 4.74 Å². The van der Waals surface area contributed by atoms with Gasteiger partial charge in [0.1, 0.15) is 11.6 Å². The summed E-state index contributed by atoms with van der Waals surface area (Å²) in [6, 6.07) is 8.85. The molecule has 0 aromatic heterocycles. The largest absolute Gasteiger partial charge is 0.466 e. The number of rotatable bonds is 4. The number of halogens is 2. The van der Waals surface area contributed by atoms with Gasteiger partial charge in [0.05, 0.1) is 12.7 Å². The lowest BCUT2D eigenvalue weighted by molar-refractivity contribution is -0.135. The molecule has 1 aliphatic rings. The van der Waals surface area contributed by atoms with Crippen molar-refractivity contribution in [2.45, 2.75) is 32.4 Å². The third-order valence-corrected chi connectivity index (χ3v) is 4.82. The van der Waals surface area contributed by atoms with E-state index in [9.17, 15) is 18.7 Å². The van der Waals surface area contributed by atoms with Crippen molar-refractivity contribution in [3.63, 3.8) is 0 Å². The number of hydrogen-bond acceptors (Lipinski definition) is 4. The quantitative estimate of drug-likeness (QED) is 0.475. The lowest BCUT2D eigenvalue weighted by Crippen LogP contribution is -2.14. The van der Waals surface area contributed by atoms with Crippen LogP contribution < -0.4 is 5.32 Å². The average Bonchev–Trinajstić information content (AvgIpc) is 2.66. The van der Waals surface area contributed by atoms with Crippen LogP contribution in [-0.2, 0) is 16.0 Å². The van der Waals surface area contributed by atoms with Crippen LogP contribution in [0.2, 0.25) is 0 Å². The normalized spacial score (nSPS) is 16.3. The molecule has 0 spiro atoms. The van der Waals surface area contributed by atoms with Crippen LogP contribution in [0.25, 0.3) is 5.57 Å². The number of benzene rings is 2. The number of aliphatic hydroxyl groups is 1. The maximum atomic E-state index is 13.8. The van der Waals surface area contributed by atoms with Crippen LogP contribution in [0.5, 0.6) is 0 Å². The molecule has 0 saturated heterocycles. The molecule has 0 bridgehead atoms. The molecule has 2 N–H and O–H groups in total. The van der Waals surface area contributed by atoms with Gasteiger partial charge in [0, 0.05) is 11.3 Å². The highest BCUT2D eigenvalue weighted by molar-refractivity contribution is 5.97. The fourth-order valence-electron chi connectivity index (χ4n) is 3.44. The van der Waals surface area contributed by atoms with E-state index in [0.717, 1.165) is 48.1 Å². The van der Waals surface area contributed by atoms with Crippen LogP contribution in [0.15, 0.2) is 42.0 Å². The summed E-state index contributed by atoms with van der Waals surface area (Å²) in [7, 11) is 1.35. The van der Waals surface area contributed by atoms with Crippen LogP contribution in [-0.4, -0.2) is 18.2 Å². The SMILES string of the molecule is COC(=O)/C(C)=C1\CCCc2cc(NC(O)c3c(F)cccc3F)ccc21. The number of esters is 1. The Morgan fingerprint density at radius 1 is 1.19 bits per heavy atom. The Morgan fingerprint density at radius 3 is 2.56 bits per heavy atom. The van der Waals surface area contributed by atoms with E-state index in [2.05, 4.69) is 5.32 Å². The number of methoxy groups -OCH3 is 1. The van der Waals surface area contributed by atoms with Crippen molar-refractivity contribution in [3.05, 3.63) is 70.3 Å². The molecule has 1 unspecified atom stereocenters. The van der Waals surface area contributed by atoms with Crippen LogP contribution in [0.3, 0.4) is 0 Å². The summed E-state index contributed by atoms with van der Waals surface area (Å²) in [5.41, 5.74) is 3.60. The maximum Gasteiger partial charge on any atom is 0.333 e. The molecule has 2 aromatic carbocycles. The minimum atomic E-state index is -1.51. The van der Waals surface area contributed by atoms with E-state index in [0.29, 0.717) is 11.3 Å². The Balaban J connectivity index is 1.90. The molecule has 0 heterocycles. The minimum absolute atomic E-state index is 0.356. The van der Waals surface area contributed by atoms with Crippen LogP contribution in [0.1, 0.15) is 42.7 Å². The van der Waals surface area contributed by atoms with E-state index >= 15 is 0 Å². The average molecular weight is 373 g/mol. The molecule has 1 aliphatic carbocycles. The summed E-state index contributed by atoms with van der Waals surface area (Å²) in [5, 5.41) is 13.0. The van der Waals surface area contributed by atoms with Gasteiger partial charge in [-0.1, -0.05) is 12.1 Å². The first kappa shape index (κ1) is 19.0. The number of allylic oxidation sites excluding steroid dienone is 1. The third kappa shape index (κ3) is 3.85. The van der Waals surface area contributed by atoms with Gasteiger partial charge in [0.25, 0.3) is 0 Å². The Bertz CT molecular complexity index is 888. The molecule has 27 heavy (non-hydrogen) atoms. The number of nitrogens with one attached hydrogen (secondary N) is 1. The first-order chi connectivity index (χ1) is 12.9. The van der Waals surface area contributed by atoms with Crippen molar-refractivity contribution in [2.24, 2.45) is 0 Å². The Labute approximate surface area is 156 Å². The molecule has 142 valence electrons. The summed E-state index contributed by atoms with van der Waals surface area (Å²) in [5.74, 6) is -1.98. The molecule has 3 rings (SSSR count). The summed E-state index contributed by atoms with van der Waals surface area (Å²) >= 11 is 0. The number of carbonyl (C=O) groups excluding carboxylic acids is 1. The summed E-state index contributed by atoms with van der Waals surface area (Å²) in [6.45, 7) is 1.74. The molecule has 0 fully saturated rings. The Hall–Kier alpha value is -2.73.